The van der Waals surface area contributed by atoms with E-state index in [9.17, 15) is 14.4 Å². The average molecular weight is 463 g/mol. The largest absolute Gasteiger partial charge is 0.350 e. The number of nitrogens with one attached hydrogen (secondary N) is 2. The fourth-order valence-electron chi connectivity index (χ4n) is 4.59. The van der Waals surface area contributed by atoms with Gasteiger partial charge in [0.25, 0.3) is 0 Å². The Balaban J connectivity index is 2.14. The third kappa shape index (κ3) is 7.56. The maximum atomic E-state index is 13.6. The second-order valence-corrected chi connectivity index (χ2v) is 10.9. The minimum Gasteiger partial charge on any atom is -0.350 e. The second kappa shape index (κ2) is 12.0. The highest BCUT2D eigenvalue weighted by atomic mass is 16.2. The summed E-state index contributed by atoms with van der Waals surface area (Å²) >= 11 is 0. The van der Waals surface area contributed by atoms with Gasteiger partial charge < -0.3 is 15.5 Å². The summed E-state index contributed by atoms with van der Waals surface area (Å²) in [6.07, 6.45) is 6.93. The van der Waals surface area contributed by atoms with E-state index in [4.69, 9.17) is 0 Å². The lowest BCUT2D eigenvalue weighted by Crippen LogP contribution is -2.58. The van der Waals surface area contributed by atoms with Crippen molar-refractivity contribution in [2.45, 2.75) is 111 Å². The van der Waals surface area contributed by atoms with Crippen LogP contribution in [0.3, 0.4) is 0 Å². The first kappa shape index (κ1) is 27.4. The normalized spacial score (nSPS) is 21.8. The van der Waals surface area contributed by atoms with E-state index < -0.39 is 6.04 Å². The van der Waals surface area contributed by atoms with Crippen molar-refractivity contribution in [1.29, 1.82) is 0 Å². The maximum absolute atomic E-state index is 13.6. The minimum absolute atomic E-state index is 0.0453. The Morgan fingerprint density at radius 2 is 1.61 bits per heavy atom. The van der Waals surface area contributed by atoms with Gasteiger partial charge in [-0.2, -0.15) is 0 Å². The zero-order chi connectivity index (χ0) is 24.9. The van der Waals surface area contributed by atoms with Crippen LogP contribution in [0.15, 0.2) is 11.6 Å². The molecule has 7 nitrogen and oxygen atoms in total. The standard InChI is InChI=1S/C26H46N4O3/c1-16(2)22(15-19(7)24(31)27-20-12-13-20)29(8)26(33)23(17(3)4)28-25(32)21-11-9-10-14-30(21)18(5)6/h15-18,20-23H,9-14H2,1-8H3,(H,27,31)(H,28,32)/b19-15+/t21-,22-,23+/m1/s1. The van der Waals surface area contributed by atoms with Crippen molar-refractivity contribution in [2.75, 3.05) is 13.6 Å². The van der Waals surface area contributed by atoms with Gasteiger partial charge in [-0.3, -0.25) is 19.3 Å². The van der Waals surface area contributed by atoms with Crippen LogP contribution in [0.2, 0.25) is 0 Å². The molecule has 1 heterocycles. The number of nitrogens with zero attached hydrogens (tertiary/aromatic N) is 2. The highest BCUT2D eigenvalue weighted by molar-refractivity contribution is 5.93. The molecule has 2 N–H and O–H groups in total. The van der Waals surface area contributed by atoms with Gasteiger partial charge in [0.2, 0.25) is 17.7 Å². The second-order valence-electron chi connectivity index (χ2n) is 10.9. The highest BCUT2D eigenvalue weighted by Gasteiger charge is 2.36. The van der Waals surface area contributed by atoms with E-state index >= 15 is 0 Å². The first-order valence-electron chi connectivity index (χ1n) is 12.8. The number of hydrogen-bond donors (Lipinski definition) is 2. The SMILES string of the molecule is C/C(=C\[C@H](C(C)C)N(C)C(=O)[C@@H](NC(=O)[C@H]1CCCCN1C(C)C)C(C)C)C(=O)NC1CC1. The topological polar surface area (TPSA) is 81.8 Å². The molecular formula is C26H46N4O3. The van der Waals surface area contributed by atoms with Crippen molar-refractivity contribution in [2.24, 2.45) is 11.8 Å². The van der Waals surface area contributed by atoms with Crippen LogP contribution in [0.5, 0.6) is 0 Å². The van der Waals surface area contributed by atoms with Crippen LogP contribution in [0.1, 0.15) is 80.6 Å². The van der Waals surface area contributed by atoms with Gasteiger partial charge in [-0.15, -0.1) is 0 Å². The van der Waals surface area contributed by atoms with Gasteiger partial charge in [0.15, 0.2) is 0 Å². The molecule has 1 saturated heterocycles. The number of likely N-dealkylation sites (N-methyl/N-ethyl adjacent to an activating group) is 1. The molecule has 1 aliphatic carbocycles. The summed E-state index contributed by atoms with van der Waals surface area (Å²) in [5, 5.41) is 6.09. The minimum atomic E-state index is -0.603. The molecule has 0 aromatic carbocycles. The van der Waals surface area contributed by atoms with Gasteiger partial charge in [0.1, 0.15) is 6.04 Å². The Morgan fingerprint density at radius 1 is 0.970 bits per heavy atom. The lowest BCUT2D eigenvalue weighted by molar-refractivity contribution is -0.140. The summed E-state index contributed by atoms with van der Waals surface area (Å²) in [4.78, 5) is 43.2. The van der Waals surface area contributed by atoms with E-state index in [1.54, 1.807) is 18.9 Å². The fraction of sp³-hybridized carbons (Fsp3) is 0.808. The number of likely N-dealkylation sites (tertiary alicyclic amines) is 1. The molecule has 3 amide bonds. The van der Waals surface area contributed by atoms with E-state index in [1.165, 1.54) is 0 Å². The number of carbonyl (C=O) groups excluding carboxylic acids is 3. The van der Waals surface area contributed by atoms with Gasteiger partial charge in [0.05, 0.1) is 12.1 Å². The van der Waals surface area contributed by atoms with E-state index in [0.29, 0.717) is 11.6 Å². The third-order valence-electron chi connectivity index (χ3n) is 6.91. The molecule has 1 saturated carbocycles. The maximum Gasteiger partial charge on any atom is 0.246 e. The van der Waals surface area contributed by atoms with Crippen molar-refractivity contribution in [3.05, 3.63) is 11.6 Å². The number of carbonyl (C=O) groups is 3. The Labute approximate surface area is 200 Å². The zero-order valence-corrected chi connectivity index (χ0v) is 22.0. The molecule has 0 aromatic rings. The van der Waals surface area contributed by atoms with Crippen molar-refractivity contribution in [1.82, 2.24) is 20.4 Å². The summed E-state index contributed by atoms with van der Waals surface area (Å²) in [5.41, 5.74) is 0.625. The summed E-state index contributed by atoms with van der Waals surface area (Å²) < 4.78 is 0. The van der Waals surface area contributed by atoms with E-state index in [1.807, 2.05) is 33.8 Å². The monoisotopic (exact) mass is 462 g/mol. The van der Waals surface area contributed by atoms with Crippen LogP contribution < -0.4 is 10.6 Å². The van der Waals surface area contributed by atoms with Gasteiger partial charge in [-0.1, -0.05) is 40.2 Å². The predicted octanol–water partition coefficient (Wildman–Crippen LogP) is 3.10. The van der Waals surface area contributed by atoms with Crippen molar-refractivity contribution >= 4 is 17.7 Å². The zero-order valence-electron chi connectivity index (χ0n) is 22.0. The summed E-state index contributed by atoms with van der Waals surface area (Å²) in [6, 6.07) is -0.441. The molecule has 0 bridgehead atoms. The molecule has 2 aliphatic rings. The highest BCUT2D eigenvalue weighted by Crippen LogP contribution is 2.22. The molecule has 3 atom stereocenters. The quantitative estimate of drug-likeness (QED) is 0.489. The van der Waals surface area contributed by atoms with Crippen LogP contribution in [0, 0.1) is 11.8 Å². The van der Waals surface area contributed by atoms with E-state index in [-0.39, 0.29) is 47.7 Å². The van der Waals surface area contributed by atoms with Crippen LogP contribution in [-0.2, 0) is 14.4 Å². The predicted molar refractivity (Wildman–Crippen MR) is 133 cm³/mol. The van der Waals surface area contributed by atoms with Gasteiger partial charge in [-0.25, -0.2) is 0 Å². The van der Waals surface area contributed by atoms with Crippen LogP contribution in [0.4, 0.5) is 0 Å². The van der Waals surface area contributed by atoms with Crippen LogP contribution in [-0.4, -0.2) is 71.3 Å². The van der Waals surface area contributed by atoms with Crippen molar-refractivity contribution in [3.63, 3.8) is 0 Å². The lowest BCUT2D eigenvalue weighted by atomic mass is 9.95. The number of hydrogen-bond acceptors (Lipinski definition) is 4. The van der Waals surface area contributed by atoms with E-state index in [0.717, 1.165) is 38.6 Å². The molecular weight excluding hydrogens is 416 g/mol. The first-order valence-corrected chi connectivity index (χ1v) is 12.8. The van der Waals surface area contributed by atoms with Crippen LogP contribution >= 0.6 is 0 Å². The van der Waals surface area contributed by atoms with Crippen LogP contribution in [0.25, 0.3) is 0 Å². The Morgan fingerprint density at radius 3 is 2.12 bits per heavy atom. The van der Waals surface area contributed by atoms with E-state index in [2.05, 4.69) is 29.4 Å². The first-order chi connectivity index (χ1) is 15.4. The Bertz CT molecular complexity index is 727. The molecule has 188 valence electrons. The smallest absolute Gasteiger partial charge is 0.246 e. The molecule has 0 aromatic heterocycles. The molecule has 0 radical (unpaired) electrons. The Kier molecular flexibility index (Phi) is 9.95. The lowest BCUT2D eigenvalue weighted by Gasteiger charge is -2.39. The van der Waals surface area contributed by atoms with Gasteiger partial charge in [0, 0.05) is 24.7 Å². The Hall–Kier alpha value is -1.89. The van der Waals surface area contributed by atoms with Crippen molar-refractivity contribution in [3.8, 4) is 0 Å². The number of amides is 3. The molecule has 2 fully saturated rings. The molecule has 0 unspecified atom stereocenters. The molecule has 33 heavy (non-hydrogen) atoms. The molecule has 2 rings (SSSR count). The average Bonchev–Trinajstić information content (AvgIpc) is 3.57. The number of rotatable bonds is 10. The van der Waals surface area contributed by atoms with Crippen molar-refractivity contribution < 1.29 is 14.4 Å². The van der Waals surface area contributed by atoms with Gasteiger partial charge >= 0.3 is 0 Å². The molecule has 1 aliphatic heterocycles. The van der Waals surface area contributed by atoms with Gasteiger partial charge in [-0.05, 0) is 64.8 Å². The molecule has 7 heteroatoms. The third-order valence-corrected chi connectivity index (χ3v) is 6.91. The number of piperidine rings is 1. The summed E-state index contributed by atoms with van der Waals surface area (Å²) in [5.74, 6) is -0.156. The summed E-state index contributed by atoms with van der Waals surface area (Å²) in [7, 11) is 1.78. The fourth-order valence-corrected chi connectivity index (χ4v) is 4.59. The molecule has 0 spiro atoms. The summed E-state index contributed by atoms with van der Waals surface area (Å²) in [6.45, 7) is 15.0.